The van der Waals surface area contributed by atoms with Gasteiger partial charge in [0.15, 0.2) is 0 Å². The van der Waals surface area contributed by atoms with Crippen LogP contribution in [0.25, 0.3) is 11.1 Å². The van der Waals surface area contributed by atoms with E-state index in [4.69, 9.17) is 0 Å². The summed E-state index contributed by atoms with van der Waals surface area (Å²) in [7, 11) is 7.64. The monoisotopic (exact) mass is 334 g/mol. The third-order valence-corrected chi connectivity index (χ3v) is 9.38. The van der Waals surface area contributed by atoms with E-state index in [1.54, 1.807) is 0 Å². The maximum atomic E-state index is 2.23. The second kappa shape index (κ2) is 7.55. The molecule has 4 heteroatoms. The van der Waals surface area contributed by atoms with Crippen molar-refractivity contribution in [2.45, 2.75) is 0 Å². The van der Waals surface area contributed by atoms with Crippen LogP contribution in [0.15, 0.2) is 60.7 Å². The van der Waals surface area contributed by atoms with Gasteiger partial charge >= 0.3 is 0 Å². The highest BCUT2D eigenvalue weighted by Crippen LogP contribution is 2.49. The van der Waals surface area contributed by atoms with Crippen molar-refractivity contribution < 1.29 is 0 Å². The van der Waals surface area contributed by atoms with Crippen LogP contribution in [0.5, 0.6) is 0 Å². The van der Waals surface area contributed by atoms with Gasteiger partial charge in [-0.1, -0.05) is 82.3 Å². The fourth-order valence-corrected chi connectivity index (χ4v) is 8.19. The zero-order chi connectivity index (χ0) is 13.6. The van der Waals surface area contributed by atoms with E-state index in [1.165, 1.54) is 22.3 Å². The summed E-state index contributed by atoms with van der Waals surface area (Å²) in [6.07, 6.45) is 0. The predicted molar refractivity (Wildman–Crippen MR) is 99.8 cm³/mol. The Morgan fingerprint density at radius 3 is 1.35 bits per heavy atom. The Bertz CT molecular complexity index is 524. The van der Waals surface area contributed by atoms with Crippen LogP contribution < -0.4 is 0 Å². The molecule has 0 unspecified atom stereocenters. The molecule has 0 nitrogen and oxygen atoms in total. The Morgan fingerprint density at radius 2 is 0.950 bits per heavy atom. The summed E-state index contributed by atoms with van der Waals surface area (Å²) in [4.78, 5) is 0. The van der Waals surface area contributed by atoms with Gasteiger partial charge in [-0.25, -0.2) is 0 Å². The van der Waals surface area contributed by atoms with Gasteiger partial charge in [-0.3, -0.25) is 0 Å². The summed E-state index contributed by atoms with van der Waals surface area (Å²) in [6.45, 7) is 0. The summed E-state index contributed by atoms with van der Waals surface area (Å²) < 4.78 is 0. The molecule has 0 aliphatic carbocycles. The van der Waals surface area contributed by atoms with Gasteiger partial charge in [0.1, 0.15) is 0 Å². The van der Waals surface area contributed by atoms with Gasteiger partial charge in [-0.15, -0.1) is 0 Å². The van der Waals surface area contributed by atoms with Crippen molar-refractivity contribution in [3.63, 3.8) is 0 Å². The second-order valence-electron chi connectivity index (χ2n) is 4.35. The van der Waals surface area contributed by atoms with Gasteiger partial charge in [-0.05, 0) is 41.9 Å². The molecule has 0 N–H and O–H groups in total. The fraction of sp³-hybridized carbons (Fsp3) is 0.125. The lowest BCUT2D eigenvalue weighted by molar-refractivity contribution is 1.53. The molecule has 0 saturated carbocycles. The first-order valence-corrected chi connectivity index (χ1v) is 11.5. The Balaban J connectivity index is 2.09. The van der Waals surface area contributed by atoms with Crippen molar-refractivity contribution >= 4 is 52.4 Å². The van der Waals surface area contributed by atoms with Crippen LogP contribution >= 0.6 is 41.2 Å². The minimum atomic E-state index is 1.06. The first-order valence-electron chi connectivity index (χ1n) is 6.36. The Morgan fingerprint density at radius 1 is 0.550 bits per heavy atom. The molecule has 1 heterocycles. The molecule has 0 atom stereocenters. The smallest absolute Gasteiger partial charge is 0.0306 e. The van der Waals surface area contributed by atoms with E-state index in [1.807, 2.05) is 41.2 Å². The number of hydrogen-bond acceptors (Lipinski definition) is 4. The van der Waals surface area contributed by atoms with Gasteiger partial charge in [-0.2, -0.15) is 0 Å². The maximum Gasteiger partial charge on any atom is 0.0306 e. The Kier molecular flexibility index (Phi) is 5.48. The SMILES string of the molecule is c1ccc(/C2=C(\c3ccccc3)CSSSSC2)cc1. The molecule has 1 aliphatic rings. The lowest BCUT2D eigenvalue weighted by Gasteiger charge is -2.18. The van der Waals surface area contributed by atoms with Crippen LogP contribution in [0, 0.1) is 0 Å². The molecule has 2 aromatic rings. The zero-order valence-corrected chi connectivity index (χ0v) is 14.1. The van der Waals surface area contributed by atoms with Crippen molar-refractivity contribution in [1.29, 1.82) is 0 Å². The molecule has 1 aliphatic heterocycles. The van der Waals surface area contributed by atoms with Crippen molar-refractivity contribution in [3.8, 4) is 0 Å². The van der Waals surface area contributed by atoms with Crippen LogP contribution in [-0.4, -0.2) is 11.5 Å². The summed E-state index contributed by atoms with van der Waals surface area (Å²) in [5.74, 6) is 2.12. The van der Waals surface area contributed by atoms with E-state index in [0.29, 0.717) is 0 Å². The van der Waals surface area contributed by atoms with Crippen LogP contribution in [0.1, 0.15) is 11.1 Å². The molecule has 0 bridgehead atoms. The standard InChI is InChI=1S/C16H14S4/c1-3-7-13(8-4-1)15-11-17-19-20-18-12-16(15)14-9-5-2-6-10-14/h1-10H,11-12H2/b16-15-. The molecule has 0 aromatic heterocycles. The van der Waals surface area contributed by atoms with Crippen molar-refractivity contribution in [1.82, 2.24) is 0 Å². The van der Waals surface area contributed by atoms with E-state index in [2.05, 4.69) is 60.7 Å². The van der Waals surface area contributed by atoms with E-state index in [0.717, 1.165) is 11.5 Å². The highest BCUT2D eigenvalue weighted by atomic mass is 33.7. The van der Waals surface area contributed by atoms with Crippen LogP contribution in [-0.2, 0) is 0 Å². The van der Waals surface area contributed by atoms with Crippen LogP contribution in [0.2, 0.25) is 0 Å². The van der Waals surface area contributed by atoms with E-state index < -0.39 is 0 Å². The highest BCUT2D eigenvalue weighted by Gasteiger charge is 2.14. The van der Waals surface area contributed by atoms with Crippen molar-refractivity contribution in [3.05, 3.63) is 71.8 Å². The summed E-state index contributed by atoms with van der Waals surface area (Å²) >= 11 is 0. The molecule has 102 valence electrons. The summed E-state index contributed by atoms with van der Waals surface area (Å²) in [5, 5.41) is 0. The minimum Gasteiger partial charge on any atom is -0.0769 e. The molecule has 0 spiro atoms. The topological polar surface area (TPSA) is 0 Å². The molecule has 0 amide bonds. The van der Waals surface area contributed by atoms with Gasteiger partial charge in [0.25, 0.3) is 0 Å². The van der Waals surface area contributed by atoms with Gasteiger partial charge < -0.3 is 0 Å². The van der Waals surface area contributed by atoms with E-state index in [9.17, 15) is 0 Å². The van der Waals surface area contributed by atoms with Crippen LogP contribution in [0.3, 0.4) is 0 Å². The first kappa shape index (κ1) is 14.5. The molecule has 20 heavy (non-hydrogen) atoms. The largest absolute Gasteiger partial charge is 0.0769 e. The summed E-state index contributed by atoms with van der Waals surface area (Å²) in [5.41, 5.74) is 5.66. The van der Waals surface area contributed by atoms with Crippen molar-refractivity contribution in [2.24, 2.45) is 0 Å². The molecular weight excluding hydrogens is 320 g/mol. The van der Waals surface area contributed by atoms with E-state index in [-0.39, 0.29) is 0 Å². The fourth-order valence-electron chi connectivity index (χ4n) is 2.17. The summed E-state index contributed by atoms with van der Waals surface area (Å²) in [6, 6.07) is 21.6. The van der Waals surface area contributed by atoms with Crippen molar-refractivity contribution in [2.75, 3.05) is 11.5 Å². The number of benzene rings is 2. The molecular formula is C16H14S4. The lowest BCUT2D eigenvalue weighted by atomic mass is 9.97. The average Bonchev–Trinajstić information content (AvgIpc) is 2.49. The third-order valence-electron chi connectivity index (χ3n) is 3.14. The highest BCUT2D eigenvalue weighted by molar-refractivity contribution is 9.26. The molecule has 2 aromatic carbocycles. The maximum absolute atomic E-state index is 2.23. The second-order valence-corrected chi connectivity index (χ2v) is 10.4. The minimum absolute atomic E-state index is 1.06. The molecule has 0 saturated heterocycles. The van der Waals surface area contributed by atoms with E-state index >= 15 is 0 Å². The third kappa shape index (κ3) is 3.61. The number of hydrogen-bond donors (Lipinski definition) is 0. The average molecular weight is 335 g/mol. The zero-order valence-electron chi connectivity index (χ0n) is 10.8. The quantitative estimate of drug-likeness (QED) is 0.592. The van der Waals surface area contributed by atoms with Crippen LogP contribution in [0.4, 0.5) is 0 Å². The Labute approximate surface area is 135 Å². The predicted octanol–water partition coefficient (Wildman–Crippen LogP) is 6.29. The molecule has 0 fully saturated rings. The molecule has 3 rings (SSSR count). The number of rotatable bonds is 2. The van der Waals surface area contributed by atoms with Gasteiger partial charge in [0.05, 0.1) is 0 Å². The Hall–Kier alpha value is -0.420. The van der Waals surface area contributed by atoms with Gasteiger partial charge in [0.2, 0.25) is 0 Å². The normalized spacial score (nSPS) is 20.2. The van der Waals surface area contributed by atoms with Gasteiger partial charge in [0, 0.05) is 11.5 Å². The first-order chi connectivity index (χ1) is 9.95. The molecule has 0 radical (unpaired) electrons. The lowest BCUT2D eigenvalue weighted by Crippen LogP contribution is -1.98.